The van der Waals surface area contributed by atoms with Gasteiger partial charge in [0.05, 0.1) is 11.3 Å². The minimum atomic E-state index is -4.38. The molecule has 1 heterocycles. The van der Waals surface area contributed by atoms with Crippen LogP contribution in [0.4, 0.5) is 13.2 Å². The molecule has 0 aliphatic rings. The van der Waals surface area contributed by atoms with E-state index in [1.165, 1.54) is 12.1 Å². The van der Waals surface area contributed by atoms with Crippen LogP contribution in [0.2, 0.25) is 0 Å². The van der Waals surface area contributed by atoms with Gasteiger partial charge in [0.25, 0.3) is 0 Å². The van der Waals surface area contributed by atoms with Crippen LogP contribution < -0.4 is 0 Å². The summed E-state index contributed by atoms with van der Waals surface area (Å²) >= 11 is 0. The second kappa shape index (κ2) is 4.33. The Balaban J connectivity index is 2.31. The molecular formula is C13H10F3NO. The molecule has 0 bridgehead atoms. The van der Waals surface area contributed by atoms with Crippen LogP contribution in [-0.2, 0) is 13.2 Å². The van der Waals surface area contributed by atoms with Gasteiger partial charge < -0.3 is 4.57 Å². The third kappa shape index (κ3) is 2.30. The number of halogens is 3. The molecule has 0 amide bonds. The molecular weight excluding hydrogens is 243 g/mol. The lowest BCUT2D eigenvalue weighted by Gasteiger charge is -2.07. The molecule has 2 rings (SSSR count). The van der Waals surface area contributed by atoms with Crippen molar-refractivity contribution in [3.63, 3.8) is 0 Å². The lowest BCUT2D eigenvalue weighted by atomic mass is 10.1. The van der Waals surface area contributed by atoms with Crippen LogP contribution in [0.5, 0.6) is 0 Å². The molecule has 0 saturated carbocycles. The van der Waals surface area contributed by atoms with Crippen molar-refractivity contribution in [2.45, 2.75) is 6.18 Å². The van der Waals surface area contributed by atoms with E-state index in [-0.39, 0.29) is 11.3 Å². The van der Waals surface area contributed by atoms with Gasteiger partial charge in [-0.25, -0.2) is 0 Å². The van der Waals surface area contributed by atoms with Gasteiger partial charge in [-0.05, 0) is 24.3 Å². The molecule has 0 atom stereocenters. The fourth-order valence-electron chi connectivity index (χ4n) is 1.66. The predicted octanol–water partition coefficient (Wildman–Crippen LogP) is 3.27. The summed E-state index contributed by atoms with van der Waals surface area (Å²) in [7, 11) is 1.71. The second-order valence-corrected chi connectivity index (χ2v) is 3.91. The first-order chi connectivity index (χ1) is 8.39. The minimum Gasteiger partial charge on any atom is -0.348 e. The molecule has 0 aliphatic heterocycles. The van der Waals surface area contributed by atoms with Crippen molar-refractivity contribution in [2.24, 2.45) is 7.05 Å². The molecule has 0 N–H and O–H groups in total. The summed E-state index contributed by atoms with van der Waals surface area (Å²) in [6, 6.07) is 7.54. The summed E-state index contributed by atoms with van der Waals surface area (Å²) < 4.78 is 38.7. The fraction of sp³-hybridized carbons (Fsp3) is 0.154. The maximum absolute atomic E-state index is 12.4. The molecule has 0 unspecified atom stereocenters. The highest BCUT2D eigenvalue weighted by atomic mass is 19.4. The number of aryl methyl sites for hydroxylation is 1. The summed E-state index contributed by atoms with van der Waals surface area (Å²) in [4.78, 5) is 12.0. The van der Waals surface area contributed by atoms with E-state index in [0.717, 1.165) is 12.1 Å². The lowest BCUT2D eigenvalue weighted by molar-refractivity contribution is -0.137. The van der Waals surface area contributed by atoms with Crippen LogP contribution in [0.3, 0.4) is 0 Å². The van der Waals surface area contributed by atoms with Gasteiger partial charge in [-0.15, -0.1) is 0 Å². The molecule has 18 heavy (non-hydrogen) atoms. The highest BCUT2D eigenvalue weighted by Crippen LogP contribution is 2.29. The van der Waals surface area contributed by atoms with Crippen molar-refractivity contribution >= 4 is 5.78 Å². The van der Waals surface area contributed by atoms with Gasteiger partial charge in [0.15, 0.2) is 0 Å². The van der Waals surface area contributed by atoms with E-state index in [0.29, 0.717) is 5.69 Å². The van der Waals surface area contributed by atoms with E-state index < -0.39 is 11.7 Å². The number of nitrogens with zero attached hydrogens (tertiary/aromatic N) is 1. The molecule has 2 nitrogen and oxygen atoms in total. The molecule has 5 heteroatoms. The molecule has 94 valence electrons. The first-order valence-electron chi connectivity index (χ1n) is 5.23. The molecule has 0 fully saturated rings. The summed E-state index contributed by atoms with van der Waals surface area (Å²) in [5.74, 6) is -0.295. The largest absolute Gasteiger partial charge is 0.416 e. The molecule has 0 spiro atoms. The van der Waals surface area contributed by atoms with Crippen molar-refractivity contribution < 1.29 is 18.0 Å². The van der Waals surface area contributed by atoms with Gasteiger partial charge in [0.1, 0.15) is 0 Å². The van der Waals surface area contributed by atoms with Gasteiger partial charge in [-0.2, -0.15) is 13.2 Å². The first-order valence-corrected chi connectivity index (χ1v) is 5.23. The maximum Gasteiger partial charge on any atom is 0.416 e. The van der Waals surface area contributed by atoms with E-state index in [4.69, 9.17) is 0 Å². The van der Waals surface area contributed by atoms with Crippen LogP contribution in [0.15, 0.2) is 42.6 Å². The van der Waals surface area contributed by atoms with Crippen LogP contribution >= 0.6 is 0 Å². The van der Waals surface area contributed by atoms with Gasteiger partial charge in [-0.1, -0.05) is 12.1 Å². The SMILES string of the molecule is Cn1cccc1C(=O)c1ccc(C(F)(F)F)cc1. The summed E-state index contributed by atoms with van der Waals surface area (Å²) in [5.41, 5.74) is -0.0783. The monoisotopic (exact) mass is 253 g/mol. The quantitative estimate of drug-likeness (QED) is 0.753. The van der Waals surface area contributed by atoms with Gasteiger partial charge in [0, 0.05) is 18.8 Å². The molecule has 2 aromatic rings. The van der Waals surface area contributed by atoms with E-state index in [9.17, 15) is 18.0 Å². The highest BCUT2D eigenvalue weighted by molar-refractivity contribution is 6.07. The Labute approximate surface area is 102 Å². The number of aromatic nitrogens is 1. The lowest BCUT2D eigenvalue weighted by Crippen LogP contribution is -2.08. The number of alkyl halides is 3. The fourth-order valence-corrected chi connectivity index (χ4v) is 1.66. The number of rotatable bonds is 2. The molecule has 0 saturated heterocycles. The van der Waals surface area contributed by atoms with Crippen molar-refractivity contribution in [1.29, 1.82) is 0 Å². The van der Waals surface area contributed by atoms with Crippen molar-refractivity contribution in [3.8, 4) is 0 Å². The van der Waals surface area contributed by atoms with Crippen LogP contribution in [0, 0.1) is 0 Å². The summed E-state index contributed by atoms with van der Waals surface area (Å²) in [6.07, 6.45) is -2.68. The van der Waals surface area contributed by atoms with Crippen LogP contribution in [0.25, 0.3) is 0 Å². The van der Waals surface area contributed by atoms with Gasteiger partial charge in [0.2, 0.25) is 5.78 Å². The van der Waals surface area contributed by atoms with Crippen LogP contribution in [0.1, 0.15) is 21.6 Å². The Kier molecular flexibility index (Phi) is 2.98. The standard InChI is InChI=1S/C13H10F3NO/c1-17-8-2-3-11(17)12(18)9-4-6-10(7-5-9)13(14,15)16/h2-8H,1H3. The van der Waals surface area contributed by atoms with E-state index in [2.05, 4.69) is 0 Å². The predicted molar refractivity (Wildman–Crippen MR) is 60.3 cm³/mol. The Morgan fingerprint density at radius 3 is 2.17 bits per heavy atom. The Bertz CT molecular complexity index is 567. The van der Waals surface area contributed by atoms with E-state index in [1.54, 1.807) is 29.9 Å². The number of carbonyl (C=O) groups is 1. The smallest absolute Gasteiger partial charge is 0.348 e. The number of ketones is 1. The van der Waals surface area contributed by atoms with Crippen molar-refractivity contribution in [2.75, 3.05) is 0 Å². The van der Waals surface area contributed by atoms with E-state index >= 15 is 0 Å². The molecule has 0 radical (unpaired) electrons. The molecule has 0 aliphatic carbocycles. The Morgan fingerprint density at radius 2 is 1.72 bits per heavy atom. The minimum absolute atomic E-state index is 0.241. The van der Waals surface area contributed by atoms with Gasteiger partial charge >= 0.3 is 6.18 Å². The summed E-state index contributed by atoms with van der Waals surface area (Å²) in [6.45, 7) is 0. The van der Waals surface area contributed by atoms with Crippen LogP contribution in [-0.4, -0.2) is 10.4 Å². The Morgan fingerprint density at radius 1 is 1.11 bits per heavy atom. The molecule has 1 aromatic carbocycles. The number of benzene rings is 1. The van der Waals surface area contributed by atoms with Gasteiger partial charge in [-0.3, -0.25) is 4.79 Å². The normalized spacial score (nSPS) is 11.6. The molecule has 1 aromatic heterocycles. The highest BCUT2D eigenvalue weighted by Gasteiger charge is 2.30. The average molecular weight is 253 g/mol. The van der Waals surface area contributed by atoms with Crippen molar-refractivity contribution in [1.82, 2.24) is 4.57 Å². The second-order valence-electron chi connectivity index (χ2n) is 3.91. The number of carbonyl (C=O) groups excluding carboxylic acids is 1. The van der Waals surface area contributed by atoms with E-state index in [1.807, 2.05) is 0 Å². The third-order valence-corrected chi connectivity index (χ3v) is 2.65. The zero-order chi connectivity index (χ0) is 13.3. The zero-order valence-corrected chi connectivity index (χ0v) is 9.53. The zero-order valence-electron chi connectivity index (χ0n) is 9.53. The maximum atomic E-state index is 12.4. The number of hydrogen-bond acceptors (Lipinski definition) is 1. The first kappa shape index (κ1) is 12.4. The van der Waals surface area contributed by atoms with Crippen molar-refractivity contribution in [3.05, 3.63) is 59.4 Å². The Hall–Kier alpha value is -2.04. The number of hydrogen-bond donors (Lipinski definition) is 0. The topological polar surface area (TPSA) is 22.0 Å². The average Bonchev–Trinajstić information content (AvgIpc) is 2.73. The summed E-state index contributed by atoms with van der Waals surface area (Å²) in [5, 5.41) is 0. The third-order valence-electron chi connectivity index (χ3n) is 2.65.